The van der Waals surface area contributed by atoms with E-state index >= 15 is 0 Å². The third-order valence-electron chi connectivity index (χ3n) is 1.85. The van der Waals surface area contributed by atoms with E-state index in [2.05, 4.69) is 0 Å². The number of halogens is 7. The smallest absolute Gasteiger partial charge is 0.399 e. The van der Waals surface area contributed by atoms with Crippen molar-refractivity contribution in [2.24, 2.45) is 0 Å². The van der Waals surface area contributed by atoms with Gasteiger partial charge in [0.2, 0.25) is 0 Å². The maximum atomic E-state index is 12.9. The molecule has 0 radical (unpaired) electrons. The summed E-state index contributed by atoms with van der Waals surface area (Å²) in [6, 6.07) is 4.09. The molecule has 0 atom stereocenters. The van der Waals surface area contributed by atoms with Crippen LogP contribution in [0.25, 0.3) is 0 Å². The molecule has 0 fully saturated rings. The summed E-state index contributed by atoms with van der Waals surface area (Å²) in [6.07, 6.45) is -6.32. The number of nitrogens with two attached hydrogens (primary N) is 1. The SMILES string of the molecule is Nc1ccc(SC(F)(F)C(F)(F)C(F)(F)F)cc1. The van der Waals surface area contributed by atoms with Gasteiger partial charge in [0, 0.05) is 10.6 Å². The number of benzene rings is 1. The Morgan fingerprint density at radius 2 is 1.28 bits per heavy atom. The first kappa shape index (κ1) is 14.9. The zero-order valence-electron chi connectivity index (χ0n) is 8.44. The highest BCUT2D eigenvalue weighted by molar-refractivity contribution is 8.00. The highest BCUT2D eigenvalue weighted by atomic mass is 32.2. The fourth-order valence-electron chi connectivity index (χ4n) is 0.913. The molecule has 0 saturated carbocycles. The summed E-state index contributed by atoms with van der Waals surface area (Å²) in [7, 11) is 0. The molecule has 0 aliphatic carbocycles. The largest absolute Gasteiger partial charge is 0.460 e. The van der Waals surface area contributed by atoms with Gasteiger partial charge in [-0.15, -0.1) is 0 Å². The van der Waals surface area contributed by atoms with Gasteiger partial charge in [-0.25, -0.2) is 0 Å². The molecule has 0 unspecified atom stereocenters. The van der Waals surface area contributed by atoms with E-state index in [0.29, 0.717) is 0 Å². The molecule has 0 heterocycles. The molecule has 1 aromatic rings. The highest BCUT2D eigenvalue weighted by Crippen LogP contribution is 2.53. The zero-order valence-corrected chi connectivity index (χ0v) is 9.26. The number of rotatable bonds is 3. The van der Waals surface area contributed by atoms with Gasteiger partial charge in [0.15, 0.2) is 0 Å². The Bertz CT molecular complexity index is 412. The van der Waals surface area contributed by atoms with Crippen LogP contribution >= 0.6 is 11.8 Å². The van der Waals surface area contributed by atoms with Crippen molar-refractivity contribution in [2.75, 3.05) is 5.73 Å². The van der Waals surface area contributed by atoms with Crippen molar-refractivity contribution in [3.8, 4) is 0 Å². The van der Waals surface area contributed by atoms with Gasteiger partial charge in [0.05, 0.1) is 0 Å². The summed E-state index contributed by atoms with van der Waals surface area (Å²) in [5.41, 5.74) is 5.39. The van der Waals surface area contributed by atoms with Crippen LogP contribution in [0, 0.1) is 0 Å². The second-order valence-electron chi connectivity index (χ2n) is 3.26. The van der Waals surface area contributed by atoms with Crippen LogP contribution in [0.5, 0.6) is 0 Å². The second kappa shape index (κ2) is 4.52. The molecule has 0 aliphatic rings. The van der Waals surface area contributed by atoms with Gasteiger partial charge in [0.1, 0.15) is 0 Å². The topological polar surface area (TPSA) is 26.0 Å². The summed E-state index contributed by atoms with van der Waals surface area (Å²) in [4.78, 5) is -0.446. The van der Waals surface area contributed by atoms with Crippen LogP contribution in [0.3, 0.4) is 0 Å². The van der Waals surface area contributed by atoms with E-state index in [-0.39, 0.29) is 5.69 Å². The lowest BCUT2D eigenvalue weighted by molar-refractivity contribution is -0.330. The molecule has 0 aliphatic heterocycles. The van der Waals surface area contributed by atoms with E-state index in [1.807, 2.05) is 0 Å². The number of anilines is 1. The van der Waals surface area contributed by atoms with Crippen molar-refractivity contribution in [1.82, 2.24) is 0 Å². The molecular formula is C9H6F7NS. The highest BCUT2D eigenvalue weighted by Gasteiger charge is 2.73. The van der Waals surface area contributed by atoms with Crippen molar-refractivity contribution >= 4 is 17.4 Å². The van der Waals surface area contributed by atoms with Crippen molar-refractivity contribution in [1.29, 1.82) is 0 Å². The Labute approximate surface area is 101 Å². The first-order valence-corrected chi connectivity index (χ1v) is 5.16. The van der Waals surface area contributed by atoms with Crippen molar-refractivity contribution in [2.45, 2.75) is 22.2 Å². The lowest BCUT2D eigenvalue weighted by atomic mass is 10.3. The van der Waals surface area contributed by atoms with E-state index in [9.17, 15) is 30.7 Å². The standard InChI is InChI=1S/C9H6F7NS/c10-7(11,8(12,13)14)9(15,16)18-6-3-1-5(17)2-4-6/h1-4H,17H2. The minimum Gasteiger partial charge on any atom is -0.399 e. The maximum absolute atomic E-state index is 12.9. The number of hydrogen-bond donors (Lipinski definition) is 1. The molecule has 2 N–H and O–H groups in total. The van der Waals surface area contributed by atoms with Crippen LogP contribution in [-0.4, -0.2) is 17.4 Å². The predicted molar refractivity (Wildman–Crippen MR) is 52.7 cm³/mol. The molecule has 9 heteroatoms. The van der Waals surface area contributed by atoms with Gasteiger partial charge in [-0.05, 0) is 36.0 Å². The molecule has 0 spiro atoms. The van der Waals surface area contributed by atoms with Gasteiger partial charge in [-0.2, -0.15) is 30.7 Å². The Morgan fingerprint density at radius 1 is 0.833 bits per heavy atom. The molecule has 1 rings (SSSR count). The maximum Gasteiger partial charge on any atom is 0.460 e. The van der Waals surface area contributed by atoms with Gasteiger partial charge < -0.3 is 5.73 Å². The van der Waals surface area contributed by atoms with Crippen LogP contribution in [0.2, 0.25) is 0 Å². The minimum absolute atomic E-state index is 0.172. The first-order chi connectivity index (χ1) is 7.97. The molecule has 0 amide bonds. The van der Waals surface area contributed by atoms with Crippen LogP contribution < -0.4 is 5.73 Å². The summed E-state index contributed by atoms with van der Waals surface area (Å²) in [5.74, 6) is -6.12. The molecule has 0 saturated heterocycles. The summed E-state index contributed by atoms with van der Waals surface area (Å²) in [6.45, 7) is 0. The number of alkyl halides is 7. The summed E-state index contributed by atoms with van der Waals surface area (Å²) in [5, 5.41) is -5.30. The first-order valence-electron chi connectivity index (χ1n) is 4.34. The molecule has 18 heavy (non-hydrogen) atoms. The van der Waals surface area contributed by atoms with Crippen LogP contribution in [0.15, 0.2) is 29.2 Å². The van der Waals surface area contributed by atoms with E-state index in [4.69, 9.17) is 5.73 Å². The van der Waals surface area contributed by atoms with Gasteiger partial charge in [-0.3, -0.25) is 0 Å². The zero-order chi connectivity index (χ0) is 14.2. The Balaban J connectivity index is 2.97. The number of thioether (sulfide) groups is 1. The lowest BCUT2D eigenvalue weighted by Crippen LogP contribution is -2.49. The van der Waals surface area contributed by atoms with Gasteiger partial charge >= 0.3 is 17.4 Å². The minimum atomic E-state index is -6.32. The normalized spacial score (nSPS) is 13.7. The van der Waals surface area contributed by atoms with E-state index < -0.39 is 34.0 Å². The second-order valence-corrected chi connectivity index (χ2v) is 4.45. The number of nitrogen functional groups attached to an aromatic ring is 1. The van der Waals surface area contributed by atoms with Crippen molar-refractivity contribution in [3.63, 3.8) is 0 Å². The Morgan fingerprint density at radius 3 is 1.67 bits per heavy atom. The van der Waals surface area contributed by atoms with E-state index in [1.165, 1.54) is 0 Å². The van der Waals surface area contributed by atoms with Crippen LogP contribution in [0.4, 0.5) is 36.4 Å². The monoisotopic (exact) mass is 293 g/mol. The fraction of sp³-hybridized carbons (Fsp3) is 0.333. The third-order valence-corrected chi connectivity index (χ3v) is 2.87. The average Bonchev–Trinajstić information content (AvgIpc) is 2.19. The number of hydrogen-bond acceptors (Lipinski definition) is 2. The molecule has 0 aromatic heterocycles. The fourth-order valence-corrected chi connectivity index (χ4v) is 1.73. The predicted octanol–water partition coefficient (Wildman–Crippen LogP) is 4.15. The van der Waals surface area contributed by atoms with Crippen molar-refractivity contribution < 1.29 is 30.7 Å². The average molecular weight is 293 g/mol. The third kappa shape index (κ3) is 2.82. The molecule has 1 aromatic carbocycles. The lowest BCUT2D eigenvalue weighted by Gasteiger charge is -2.27. The quantitative estimate of drug-likeness (QED) is 0.514. The molecule has 1 nitrogen and oxygen atoms in total. The van der Waals surface area contributed by atoms with E-state index in [1.54, 1.807) is 0 Å². The van der Waals surface area contributed by atoms with Crippen LogP contribution in [0.1, 0.15) is 0 Å². The molecular weight excluding hydrogens is 287 g/mol. The van der Waals surface area contributed by atoms with Crippen molar-refractivity contribution in [3.05, 3.63) is 24.3 Å². The summed E-state index contributed by atoms with van der Waals surface area (Å²) >= 11 is -0.870. The Kier molecular flexibility index (Phi) is 3.75. The van der Waals surface area contributed by atoms with Gasteiger partial charge in [-0.1, -0.05) is 0 Å². The Hall–Kier alpha value is -1.12. The molecule has 0 bridgehead atoms. The summed E-state index contributed by atoms with van der Waals surface area (Å²) < 4.78 is 86.5. The van der Waals surface area contributed by atoms with Gasteiger partial charge in [0.25, 0.3) is 0 Å². The van der Waals surface area contributed by atoms with E-state index in [0.717, 1.165) is 24.3 Å². The van der Waals surface area contributed by atoms with Crippen LogP contribution in [-0.2, 0) is 0 Å². The molecule has 102 valence electrons.